The molecule has 88 valence electrons. The quantitative estimate of drug-likeness (QED) is 0.706. The molecular weight excluding hydrogens is 192 g/mol. The van der Waals surface area contributed by atoms with Gasteiger partial charge in [0.15, 0.2) is 0 Å². The number of hydrogen-bond donors (Lipinski definition) is 2. The van der Waals surface area contributed by atoms with Crippen LogP contribution >= 0.6 is 0 Å². The molecule has 1 aliphatic rings. The SMILES string of the molecule is CCOC1CC(NC(=O)C(C)C(C)N)C1. The number of nitrogens with one attached hydrogen (secondary N) is 1. The highest BCUT2D eigenvalue weighted by Crippen LogP contribution is 2.23. The number of amides is 1. The zero-order chi connectivity index (χ0) is 11.4. The van der Waals surface area contributed by atoms with Gasteiger partial charge in [-0.15, -0.1) is 0 Å². The summed E-state index contributed by atoms with van der Waals surface area (Å²) < 4.78 is 5.42. The zero-order valence-corrected chi connectivity index (χ0v) is 9.82. The number of hydrogen-bond acceptors (Lipinski definition) is 3. The second-order valence-electron chi connectivity index (χ2n) is 4.40. The van der Waals surface area contributed by atoms with Crippen molar-refractivity contribution in [1.82, 2.24) is 5.32 Å². The fourth-order valence-electron chi connectivity index (χ4n) is 1.63. The molecule has 4 heteroatoms. The lowest BCUT2D eigenvalue weighted by molar-refractivity contribution is -0.127. The van der Waals surface area contributed by atoms with Crippen molar-refractivity contribution >= 4 is 5.91 Å². The molecule has 1 aliphatic carbocycles. The first-order valence-electron chi connectivity index (χ1n) is 5.72. The van der Waals surface area contributed by atoms with Crippen LogP contribution in [0.2, 0.25) is 0 Å². The Kier molecular flexibility index (Phi) is 4.54. The van der Waals surface area contributed by atoms with E-state index in [9.17, 15) is 4.79 Å². The van der Waals surface area contributed by atoms with E-state index in [2.05, 4.69) is 5.32 Å². The molecule has 1 rings (SSSR count). The minimum absolute atomic E-state index is 0.0601. The smallest absolute Gasteiger partial charge is 0.224 e. The fraction of sp³-hybridized carbons (Fsp3) is 0.909. The molecule has 1 fully saturated rings. The van der Waals surface area contributed by atoms with Crippen LogP contribution < -0.4 is 11.1 Å². The van der Waals surface area contributed by atoms with Gasteiger partial charge in [0.05, 0.1) is 6.10 Å². The lowest BCUT2D eigenvalue weighted by Gasteiger charge is -2.36. The van der Waals surface area contributed by atoms with Gasteiger partial charge in [-0.25, -0.2) is 0 Å². The van der Waals surface area contributed by atoms with E-state index in [0.29, 0.717) is 6.10 Å². The molecule has 1 amide bonds. The average molecular weight is 214 g/mol. The number of carbonyl (C=O) groups excluding carboxylic acids is 1. The molecule has 0 aromatic heterocycles. The van der Waals surface area contributed by atoms with Gasteiger partial charge in [0.25, 0.3) is 0 Å². The number of rotatable bonds is 5. The summed E-state index contributed by atoms with van der Waals surface area (Å²) in [5, 5.41) is 2.99. The highest BCUT2D eigenvalue weighted by atomic mass is 16.5. The van der Waals surface area contributed by atoms with Gasteiger partial charge in [0, 0.05) is 24.6 Å². The predicted octanol–water partition coefficient (Wildman–Crippen LogP) is 0.653. The van der Waals surface area contributed by atoms with E-state index in [1.54, 1.807) is 0 Å². The second kappa shape index (κ2) is 5.47. The molecule has 4 nitrogen and oxygen atoms in total. The number of ether oxygens (including phenoxy) is 1. The molecule has 0 saturated heterocycles. The number of nitrogens with two attached hydrogens (primary N) is 1. The van der Waals surface area contributed by atoms with Crippen molar-refractivity contribution in [2.45, 2.75) is 51.8 Å². The van der Waals surface area contributed by atoms with Crippen molar-refractivity contribution in [1.29, 1.82) is 0 Å². The Morgan fingerprint density at radius 2 is 2.13 bits per heavy atom. The first-order chi connectivity index (χ1) is 7.04. The van der Waals surface area contributed by atoms with Gasteiger partial charge in [-0.3, -0.25) is 4.79 Å². The van der Waals surface area contributed by atoms with Crippen LogP contribution in [0.5, 0.6) is 0 Å². The summed E-state index contributed by atoms with van der Waals surface area (Å²) in [5.74, 6) is -0.0545. The van der Waals surface area contributed by atoms with Gasteiger partial charge in [-0.05, 0) is 26.7 Å². The summed E-state index contributed by atoms with van der Waals surface area (Å²) in [7, 11) is 0. The van der Waals surface area contributed by atoms with Gasteiger partial charge in [0.2, 0.25) is 5.91 Å². The Balaban J connectivity index is 2.19. The van der Waals surface area contributed by atoms with Gasteiger partial charge in [-0.1, -0.05) is 6.92 Å². The van der Waals surface area contributed by atoms with Crippen molar-refractivity contribution in [2.24, 2.45) is 11.7 Å². The summed E-state index contributed by atoms with van der Waals surface area (Å²) in [6.07, 6.45) is 2.21. The minimum atomic E-state index is -0.115. The Morgan fingerprint density at radius 3 is 2.60 bits per heavy atom. The third-order valence-corrected chi connectivity index (χ3v) is 3.05. The highest BCUT2D eigenvalue weighted by molar-refractivity contribution is 5.79. The molecule has 0 heterocycles. The largest absolute Gasteiger partial charge is 0.378 e. The van der Waals surface area contributed by atoms with Crippen LogP contribution in [0.25, 0.3) is 0 Å². The van der Waals surface area contributed by atoms with Gasteiger partial charge in [-0.2, -0.15) is 0 Å². The molecule has 0 aromatic rings. The summed E-state index contributed by atoms with van der Waals surface area (Å²) in [6.45, 7) is 6.46. The molecule has 2 unspecified atom stereocenters. The highest BCUT2D eigenvalue weighted by Gasteiger charge is 2.31. The van der Waals surface area contributed by atoms with Crippen molar-refractivity contribution in [2.75, 3.05) is 6.61 Å². The van der Waals surface area contributed by atoms with Crippen LogP contribution in [0.15, 0.2) is 0 Å². The summed E-state index contributed by atoms with van der Waals surface area (Å²) >= 11 is 0. The average Bonchev–Trinajstić information content (AvgIpc) is 2.13. The van der Waals surface area contributed by atoms with Gasteiger partial charge < -0.3 is 15.8 Å². The zero-order valence-electron chi connectivity index (χ0n) is 9.82. The van der Waals surface area contributed by atoms with Crippen LogP contribution in [-0.4, -0.2) is 30.7 Å². The summed E-state index contributed by atoms with van der Waals surface area (Å²) in [5.41, 5.74) is 5.66. The molecule has 3 N–H and O–H groups in total. The monoisotopic (exact) mass is 214 g/mol. The Labute approximate surface area is 91.5 Å². The molecule has 0 spiro atoms. The van der Waals surface area contributed by atoms with E-state index in [4.69, 9.17) is 10.5 Å². The fourth-order valence-corrected chi connectivity index (χ4v) is 1.63. The molecule has 0 aromatic carbocycles. The molecule has 0 aliphatic heterocycles. The van der Waals surface area contributed by atoms with E-state index in [1.165, 1.54) is 0 Å². The Hall–Kier alpha value is -0.610. The summed E-state index contributed by atoms with van der Waals surface area (Å²) in [6, 6.07) is 0.197. The topological polar surface area (TPSA) is 64.3 Å². The lowest BCUT2D eigenvalue weighted by Crippen LogP contribution is -2.51. The Bertz CT molecular complexity index is 213. The lowest BCUT2D eigenvalue weighted by atomic mass is 9.88. The third-order valence-electron chi connectivity index (χ3n) is 3.05. The van der Waals surface area contributed by atoms with Crippen LogP contribution in [-0.2, 0) is 9.53 Å². The Morgan fingerprint density at radius 1 is 1.53 bits per heavy atom. The minimum Gasteiger partial charge on any atom is -0.378 e. The second-order valence-corrected chi connectivity index (χ2v) is 4.40. The van der Waals surface area contributed by atoms with Crippen LogP contribution in [0, 0.1) is 5.92 Å². The van der Waals surface area contributed by atoms with E-state index >= 15 is 0 Å². The third kappa shape index (κ3) is 3.47. The first-order valence-corrected chi connectivity index (χ1v) is 5.72. The van der Waals surface area contributed by atoms with Crippen LogP contribution in [0.4, 0.5) is 0 Å². The molecule has 0 radical (unpaired) electrons. The van der Waals surface area contributed by atoms with Crippen molar-refractivity contribution in [3.8, 4) is 0 Å². The molecule has 1 saturated carbocycles. The maximum absolute atomic E-state index is 11.6. The van der Waals surface area contributed by atoms with Crippen LogP contribution in [0.3, 0.4) is 0 Å². The van der Waals surface area contributed by atoms with Crippen LogP contribution in [0.1, 0.15) is 33.6 Å². The number of carbonyl (C=O) groups is 1. The maximum Gasteiger partial charge on any atom is 0.224 e. The van der Waals surface area contributed by atoms with E-state index in [1.807, 2.05) is 20.8 Å². The van der Waals surface area contributed by atoms with Crippen molar-refractivity contribution in [3.05, 3.63) is 0 Å². The van der Waals surface area contributed by atoms with E-state index in [-0.39, 0.29) is 23.9 Å². The maximum atomic E-state index is 11.6. The van der Waals surface area contributed by atoms with E-state index in [0.717, 1.165) is 19.4 Å². The normalized spacial score (nSPS) is 29.1. The van der Waals surface area contributed by atoms with E-state index < -0.39 is 0 Å². The summed E-state index contributed by atoms with van der Waals surface area (Å²) in [4.78, 5) is 11.6. The van der Waals surface area contributed by atoms with Crippen molar-refractivity contribution in [3.63, 3.8) is 0 Å². The molecule has 15 heavy (non-hydrogen) atoms. The van der Waals surface area contributed by atoms with Crippen molar-refractivity contribution < 1.29 is 9.53 Å². The van der Waals surface area contributed by atoms with Gasteiger partial charge >= 0.3 is 0 Å². The first kappa shape index (κ1) is 12.5. The molecule has 2 atom stereocenters. The standard InChI is InChI=1S/C11H22N2O2/c1-4-15-10-5-9(6-10)13-11(14)7(2)8(3)12/h7-10H,4-6,12H2,1-3H3,(H,13,14). The molecule has 0 bridgehead atoms. The van der Waals surface area contributed by atoms with Gasteiger partial charge in [0.1, 0.15) is 0 Å². The molecular formula is C11H22N2O2. The predicted molar refractivity (Wildman–Crippen MR) is 59.4 cm³/mol.